The smallest absolute Gasteiger partial charge is 0.166 e. The first-order valence-electron chi connectivity index (χ1n) is 7.93. The molecule has 0 spiro atoms. The second kappa shape index (κ2) is 8.19. The number of hydrogen-bond acceptors (Lipinski definition) is 6. The minimum atomic E-state index is -0.182. The number of phenolic OH excluding ortho intramolecular Hbond substituents is 4. The lowest BCUT2D eigenvalue weighted by atomic mass is 9.99. The highest BCUT2D eigenvalue weighted by molar-refractivity contribution is 6.05. The van der Waals surface area contributed by atoms with Crippen LogP contribution < -0.4 is 0 Å². The van der Waals surface area contributed by atoms with Crippen molar-refractivity contribution >= 4 is 11.4 Å². The van der Waals surface area contributed by atoms with Crippen molar-refractivity contribution in [1.29, 1.82) is 0 Å². The number of hydrogen-bond donors (Lipinski definition) is 4. The first-order chi connectivity index (χ1) is 12.0. The van der Waals surface area contributed by atoms with Gasteiger partial charge >= 0.3 is 0 Å². The molecule has 0 aliphatic heterocycles. The molecule has 0 saturated heterocycles. The monoisotopic (exact) mass is 342 g/mol. The molecule has 0 heterocycles. The molecule has 2 aromatic carbocycles. The van der Waals surface area contributed by atoms with Gasteiger partial charge in [-0.3, -0.25) is 9.98 Å². The van der Waals surface area contributed by atoms with Gasteiger partial charge in [0.25, 0.3) is 0 Å². The van der Waals surface area contributed by atoms with Crippen LogP contribution in [0.5, 0.6) is 23.0 Å². The Morgan fingerprint density at radius 3 is 1.48 bits per heavy atom. The van der Waals surface area contributed by atoms with Crippen LogP contribution in [-0.2, 0) is 0 Å². The summed E-state index contributed by atoms with van der Waals surface area (Å²) >= 11 is 0. The van der Waals surface area contributed by atoms with Crippen molar-refractivity contribution in [3.05, 3.63) is 47.5 Å². The van der Waals surface area contributed by atoms with E-state index in [0.717, 1.165) is 0 Å². The predicted molar refractivity (Wildman–Crippen MR) is 98.3 cm³/mol. The number of rotatable bonds is 6. The number of aromatic hydroxyl groups is 4. The van der Waals surface area contributed by atoms with Crippen molar-refractivity contribution in [3.63, 3.8) is 0 Å². The summed E-state index contributed by atoms with van der Waals surface area (Å²) < 4.78 is 0. The molecule has 0 atom stereocenters. The predicted octanol–water partition coefficient (Wildman–Crippen LogP) is 3.22. The topological polar surface area (TPSA) is 106 Å². The van der Waals surface area contributed by atoms with Crippen molar-refractivity contribution in [2.24, 2.45) is 9.98 Å². The van der Waals surface area contributed by atoms with Gasteiger partial charge in [-0.05, 0) is 43.5 Å². The molecule has 0 unspecified atom stereocenters. The van der Waals surface area contributed by atoms with E-state index in [1.807, 2.05) is 0 Å². The van der Waals surface area contributed by atoms with Crippen molar-refractivity contribution in [1.82, 2.24) is 0 Å². The van der Waals surface area contributed by atoms with Gasteiger partial charge in [0.05, 0.1) is 0 Å². The van der Waals surface area contributed by atoms with Gasteiger partial charge in [-0.15, -0.1) is 0 Å². The number of aliphatic imine (C=N–C) groups is 2. The first-order valence-corrected chi connectivity index (χ1v) is 7.93. The van der Waals surface area contributed by atoms with Gasteiger partial charge < -0.3 is 20.4 Å². The van der Waals surface area contributed by atoms with Gasteiger partial charge in [0.1, 0.15) is 0 Å². The number of phenols is 4. The molecule has 4 N–H and O–H groups in total. The maximum atomic E-state index is 9.98. The highest BCUT2D eigenvalue weighted by atomic mass is 16.3. The molecule has 0 radical (unpaired) electrons. The fourth-order valence-corrected chi connectivity index (χ4v) is 2.69. The molecule has 0 aliphatic rings. The molecule has 25 heavy (non-hydrogen) atoms. The Hall–Kier alpha value is -3.02. The zero-order chi connectivity index (χ0) is 18.4. The van der Waals surface area contributed by atoms with Crippen molar-refractivity contribution < 1.29 is 20.4 Å². The van der Waals surface area contributed by atoms with Gasteiger partial charge in [-0.25, -0.2) is 0 Å². The van der Waals surface area contributed by atoms with Gasteiger partial charge in [0.15, 0.2) is 23.0 Å². The average molecular weight is 342 g/mol. The third kappa shape index (κ3) is 4.09. The van der Waals surface area contributed by atoms with E-state index >= 15 is 0 Å². The Kier molecular flexibility index (Phi) is 6.00. The van der Waals surface area contributed by atoms with Gasteiger partial charge in [-0.1, -0.05) is 12.1 Å². The summed E-state index contributed by atoms with van der Waals surface area (Å²) in [4.78, 5) is 8.41. The fraction of sp³-hybridized carbons (Fsp3) is 0.263. The maximum absolute atomic E-state index is 9.98. The number of para-hydroxylation sites is 2. The van der Waals surface area contributed by atoms with E-state index in [0.29, 0.717) is 41.8 Å². The van der Waals surface area contributed by atoms with E-state index < -0.39 is 0 Å². The van der Waals surface area contributed by atoms with Gasteiger partial charge in [-0.2, -0.15) is 0 Å². The summed E-state index contributed by atoms with van der Waals surface area (Å²) in [6.45, 7) is 0. The van der Waals surface area contributed by atoms with Crippen molar-refractivity contribution in [3.8, 4) is 23.0 Å². The normalized spacial score (nSPS) is 12.4. The Balaban J connectivity index is 2.10. The summed E-state index contributed by atoms with van der Waals surface area (Å²) in [5.41, 5.74) is 2.34. The summed E-state index contributed by atoms with van der Waals surface area (Å²) in [5, 5.41) is 39.2. The standard InChI is InChI=1S/C19H22N2O4/c1-20-14(12-6-3-10-16(22)18(12)24)8-5-9-15(21-2)13-7-4-11-17(23)19(13)25/h3-4,6-7,10-11,22-25H,5,8-9H2,1-2H3. The van der Waals surface area contributed by atoms with Crippen LogP contribution in [0.1, 0.15) is 30.4 Å². The summed E-state index contributed by atoms with van der Waals surface area (Å²) in [5.74, 6) is -0.727. The van der Waals surface area contributed by atoms with Crippen LogP contribution in [0.4, 0.5) is 0 Å². The summed E-state index contributed by atoms with van der Waals surface area (Å²) in [7, 11) is 3.27. The van der Waals surface area contributed by atoms with Crippen LogP contribution in [-0.4, -0.2) is 45.9 Å². The Labute approximate surface area is 146 Å². The first kappa shape index (κ1) is 18.3. The molecule has 2 rings (SSSR count). The van der Waals surface area contributed by atoms with E-state index in [1.54, 1.807) is 38.4 Å². The van der Waals surface area contributed by atoms with E-state index in [-0.39, 0.29) is 23.0 Å². The van der Waals surface area contributed by atoms with Crippen LogP contribution in [0.2, 0.25) is 0 Å². The molecule has 6 nitrogen and oxygen atoms in total. The highest BCUT2D eigenvalue weighted by Crippen LogP contribution is 2.31. The summed E-state index contributed by atoms with van der Waals surface area (Å²) in [6.07, 6.45) is 1.79. The molecule has 132 valence electrons. The van der Waals surface area contributed by atoms with E-state index in [9.17, 15) is 20.4 Å². The molecule has 0 saturated carbocycles. The third-order valence-electron chi connectivity index (χ3n) is 4.02. The lowest BCUT2D eigenvalue weighted by Crippen LogP contribution is -2.06. The quantitative estimate of drug-likeness (QED) is 0.478. The lowest BCUT2D eigenvalue weighted by Gasteiger charge is -2.11. The molecule has 6 heteroatoms. The van der Waals surface area contributed by atoms with Crippen LogP contribution in [0.3, 0.4) is 0 Å². The van der Waals surface area contributed by atoms with Crippen LogP contribution in [0.25, 0.3) is 0 Å². The highest BCUT2D eigenvalue weighted by Gasteiger charge is 2.14. The number of nitrogens with zero attached hydrogens (tertiary/aromatic N) is 2. The SMILES string of the molecule is CN=C(CCCC(=NC)c1cccc(O)c1O)c1cccc(O)c1O. The molecule has 2 aromatic rings. The minimum absolute atomic E-state index is 0.181. The van der Waals surface area contributed by atoms with Crippen LogP contribution >= 0.6 is 0 Å². The number of benzene rings is 2. The second-order valence-corrected chi connectivity index (χ2v) is 5.54. The Morgan fingerprint density at radius 2 is 1.12 bits per heavy atom. The van der Waals surface area contributed by atoms with E-state index in [4.69, 9.17) is 0 Å². The van der Waals surface area contributed by atoms with Crippen LogP contribution in [0, 0.1) is 0 Å². The molecule has 0 aliphatic carbocycles. The molecular weight excluding hydrogens is 320 g/mol. The third-order valence-corrected chi connectivity index (χ3v) is 4.02. The van der Waals surface area contributed by atoms with Crippen molar-refractivity contribution in [2.45, 2.75) is 19.3 Å². The van der Waals surface area contributed by atoms with E-state index in [2.05, 4.69) is 9.98 Å². The lowest BCUT2D eigenvalue weighted by molar-refractivity contribution is 0.403. The molecule has 0 fully saturated rings. The average Bonchev–Trinajstić information content (AvgIpc) is 2.61. The fourth-order valence-electron chi connectivity index (χ4n) is 2.69. The molecule has 0 aromatic heterocycles. The zero-order valence-electron chi connectivity index (χ0n) is 14.3. The molecule has 0 bridgehead atoms. The molecular formula is C19H22N2O4. The Bertz CT molecular complexity index is 746. The van der Waals surface area contributed by atoms with Gasteiger partial charge in [0.2, 0.25) is 0 Å². The van der Waals surface area contributed by atoms with Gasteiger partial charge in [0, 0.05) is 36.6 Å². The van der Waals surface area contributed by atoms with E-state index in [1.165, 1.54) is 12.1 Å². The Morgan fingerprint density at radius 1 is 0.720 bits per heavy atom. The summed E-state index contributed by atoms with van der Waals surface area (Å²) in [6, 6.07) is 9.54. The zero-order valence-corrected chi connectivity index (χ0v) is 14.3. The molecule has 0 amide bonds. The largest absolute Gasteiger partial charge is 0.504 e. The maximum Gasteiger partial charge on any atom is 0.166 e. The minimum Gasteiger partial charge on any atom is -0.504 e. The van der Waals surface area contributed by atoms with Crippen LogP contribution in [0.15, 0.2) is 46.4 Å². The second-order valence-electron chi connectivity index (χ2n) is 5.54. The van der Waals surface area contributed by atoms with Crippen molar-refractivity contribution in [2.75, 3.05) is 14.1 Å².